The first-order valence-electron chi connectivity index (χ1n) is 8.17. The molecular weight excluding hydrogens is 386 g/mol. The summed E-state index contributed by atoms with van der Waals surface area (Å²) in [5.41, 5.74) is 1.34. The van der Waals surface area contributed by atoms with E-state index in [1.807, 2.05) is 18.2 Å². The van der Waals surface area contributed by atoms with Crippen molar-refractivity contribution in [3.05, 3.63) is 71.6 Å². The third-order valence-electron chi connectivity index (χ3n) is 4.52. The predicted molar refractivity (Wildman–Crippen MR) is 102 cm³/mol. The summed E-state index contributed by atoms with van der Waals surface area (Å²) < 4.78 is 33.0. The van der Waals surface area contributed by atoms with Crippen LogP contribution >= 0.6 is 11.6 Å². The lowest BCUT2D eigenvalue weighted by molar-refractivity contribution is 0.505. The summed E-state index contributed by atoms with van der Waals surface area (Å²) in [4.78, 5) is 0.299. The van der Waals surface area contributed by atoms with Crippen molar-refractivity contribution >= 4 is 38.1 Å². The number of sulfonamides is 1. The van der Waals surface area contributed by atoms with Crippen molar-refractivity contribution in [2.75, 3.05) is 4.31 Å². The fourth-order valence-electron chi connectivity index (χ4n) is 3.28. The highest BCUT2D eigenvalue weighted by atomic mass is 35.5. The van der Waals surface area contributed by atoms with Crippen LogP contribution in [0.4, 0.5) is 5.69 Å². The molecule has 0 saturated carbocycles. The van der Waals surface area contributed by atoms with Crippen LogP contribution in [0, 0.1) is 0 Å². The molecule has 6 nitrogen and oxygen atoms in total. The maximum absolute atomic E-state index is 13.0. The maximum atomic E-state index is 13.0. The van der Waals surface area contributed by atoms with E-state index in [4.69, 9.17) is 16.0 Å². The molecule has 134 valence electrons. The number of aromatic nitrogens is 2. The largest absolute Gasteiger partial charge is 0.419 e. The van der Waals surface area contributed by atoms with Crippen LogP contribution < -0.4 is 4.31 Å². The van der Waals surface area contributed by atoms with Gasteiger partial charge in [0.1, 0.15) is 6.54 Å². The lowest BCUT2D eigenvalue weighted by Crippen LogP contribution is -2.26. The van der Waals surface area contributed by atoms with Crippen molar-refractivity contribution in [2.45, 2.75) is 11.4 Å². The van der Waals surface area contributed by atoms with Gasteiger partial charge in [0.15, 0.2) is 0 Å². The highest BCUT2D eigenvalue weighted by Gasteiger charge is 2.36. The predicted octanol–water partition coefficient (Wildman–Crippen LogP) is 4.25. The second kappa shape index (κ2) is 5.80. The van der Waals surface area contributed by atoms with Crippen molar-refractivity contribution in [1.29, 1.82) is 0 Å². The fraction of sp³-hybridized carbons (Fsp3) is 0.0526. The Morgan fingerprint density at radius 1 is 0.963 bits per heavy atom. The first-order chi connectivity index (χ1) is 13.0. The summed E-state index contributed by atoms with van der Waals surface area (Å²) in [6, 6.07) is 17.8. The average molecular weight is 398 g/mol. The Balaban J connectivity index is 1.54. The molecule has 0 fully saturated rings. The molecule has 0 amide bonds. The molecule has 0 aliphatic carbocycles. The zero-order valence-electron chi connectivity index (χ0n) is 13.8. The molecule has 0 bridgehead atoms. The van der Waals surface area contributed by atoms with Gasteiger partial charge in [0, 0.05) is 16.0 Å². The van der Waals surface area contributed by atoms with E-state index in [-0.39, 0.29) is 12.4 Å². The summed E-state index contributed by atoms with van der Waals surface area (Å²) in [5, 5.41) is 10.2. The van der Waals surface area contributed by atoms with Crippen molar-refractivity contribution in [2.24, 2.45) is 0 Å². The normalized spacial score (nSPS) is 14.8. The van der Waals surface area contributed by atoms with E-state index in [1.165, 1.54) is 4.31 Å². The molecule has 0 saturated heterocycles. The first kappa shape index (κ1) is 16.3. The van der Waals surface area contributed by atoms with E-state index in [0.29, 0.717) is 27.1 Å². The van der Waals surface area contributed by atoms with E-state index in [0.717, 1.165) is 10.8 Å². The molecule has 0 unspecified atom stereocenters. The van der Waals surface area contributed by atoms with Crippen LogP contribution in [0.25, 0.3) is 22.2 Å². The number of rotatable bonds is 3. The second-order valence-electron chi connectivity index (χ2n) is 6.15. The Bertz CT molecular complexity index is 1280. The zero-order chi connectivity index (χ0) is 18.6. The molecule has 0 N–H and O–H groups in total. The van der Waals surface area contributed by atoms with Crippen LogP contribution in [0.3, 0.4) is 0 Å². The number of benzene rings is 3. The Kier molecular flexibility index (Phi) is 3.50. The summed E-state index contributed by atoms with van der Waals surface area (Å²) in [6.45, 7) is -0.0310. The van der Waals surface area contributed by atoms with E-state index in [1.54, 1.807) is 42.5 Å². The summed E-state index contributed by atoms with van der Waals surface area (Å²) in [7, 11) is -3.67. The minimum Gasteiger partial charge on any atom is -0.419 e. The van der Waals surface area contributed by atoms with Gasteiger partial charge < -0.3 is 4.42 Å². The maximum Gasteiger partial charge on any atom is 0.265 e. The van der Waals surface area contributed by atoms with Crippen LogP contribution in [-0.2, 0) is 16.6 Å². The van der Waals surface area contributed by atoms with Crippen LogP contribution in [0.5, 0.6) is 0 Å². The quantitative estimate of drug-likeness (QED) is 0.516. The molecule has 3 aromatic carbocycles. The van der Waals surface area contributed by atoms with E-state index in [2.05, 4.69) is 10.2 Å². The fourth-order valence-corrected chi connectivity index (χ4v) is 5.06. The summed E-state index contributed by atoms with van der Waals surface area (Å²) in [5.74, 6) is 0.530. The summed E-state index contributed by atoms with van der Waals surface area (Å²) >= 11 is 5.89. The molecule has 4 aromatic rings. The minimum absolute atomic E-state index is 0.0310. The van der Waals surface area contributed by atoms with Crippen molar-refractivity contribution in [3.8, 4) is 11.5 Å². The Hall–Kier alpha value is -2.90. The Labute approximate surface area is 160 Å². The highest BCUT2D eigenvalue weighted by Crippen LogP contribution is 2.42. The molecule has 1 aliphatic heterocycles. The summed E-state index contributed by atoms with van der Waals surface area (Å²) in [6.07, 6.45) is 0. The van der Waals surface area contributed by atoms with E-state index in [9.17, 15) is 8.42 Å². The van der Waals surface area contributed by atoms with Crippen molar-refractivity contribution in [1.82, 2.24) is 10.2 Å². The molecule has 0 atom stereocenters. The molecule has 0 spiro atoms. The lowest BCUT2D eigenvalue weighted by atomic mass is 10.1. The molecule has 27 heavy (non-hydrogen) atoms. The second-order valence-corrected chi connectivity index (χ2v) is 8.42. The lowest BCUT2D eigenvalue weighted by Gasteiger charge is -2.16. The van der Waals surface area contributed by atoms with Crippen LogP contribution in [-0.4, -0.2) is 18.6 Å². The van der Waals surface area contributed by atoms with Gasteiger partial charge in [-0.05, 0) is 41.8 Å². The molecule has 0 radical (unpaired) electrons. The van der Waals surface area contributed by atoms with Crippen LogP contribution in [0.2, 0.25) is 5.02 Å². The monoisotopic (exact) mass is 397 g/mol. The Morgan fingerprint density at radius 3 is 2.48 bits per heavy atom. The van der Waals surface area contributed by atoms with Gasteiger partial charge in [-0.15, -0.1) is 10.2 Å². The van der Waals surface area contributed by atoms with Gasteiger partial charge in [0.2, 0.25) is 11.8 Å². The smallest absolute Gasteiger partial charge is 0.265 e. The van der Waals surface area contributed by atoms with Gasteiger partial charge in [0.05, 0.1) is 10.6 Å². The van der Waals surface area contributed by atoms with Crippen molar-refractivity contribution < 1.29 is 12.8 Å². The molecule has 8 heteroatoms. The third kappa shape index (κ3) is 2.50. The average Bonchev–Trinajstić information content (AvgIpc) is 3.21. The zero-order valence-corrected chi connectivity index (χ0v) is 15.4. The number of anilines is 1. The topological polar surface area (TPSA) is 76.3 Å². The third-order valence-corrected chi connectivity index (χ3v) is 6.57. The molecule has 1 aliphatic rings. The van der Waals surface area contributed by atoms with Gasteiger partial charge in [-0.3, -0.25) is 4.31 Å². The minimum atomic E-state index is -3.67. The highest BCUT2D eigenvalue weighted by molar-refractivity contribution is 7.93. The molecule has 5 rings (SSSR count). The Morgan fingerprint density at radius 2 is 1.70 bits per heavy atom. The number of hydrogen-bond acceptors (Lipinski definition) is 5. The van der Waals surface area contributed by atoms with Gasteiger partial charge in [0.25, 0.3) is 10.0 Å². The molecule has 1 aromatic heterocycles. The molecule has 2 heterocycles. The van der Waals surface area contributed by atoms with Gasteiger partial charge in [-0.2, -0.15) is 0 Å². The number of nitrogens with zero attached hydrogens (tertiary/aromatic N) is 3. The number of halogens is 1. The van der Waals surface area contributed by atoms with Crippen LogP contribution in [0.15, 0.2) is 70.0 Å². The van der Waals surface area contributed by atoms with Crippen molar-refractivity contribution in [3.63, 3.8) is 0 Å². The SMILES string of the molecule is O=S1(=O)c2cccc3cccc(c23)N1Cc1nnc(-c2ccc(Cl)cc2)o1. The first-order valence-corrected chi connectivity index (χ1v) is 9.99. The van der Waals surface area contributed by atoms with E-state index >= 15 is 0 Å². The molecular formula is C19H12ClN3O3S. The van der Waals surface area contributed by atoms with Gasteiger partial charge in [-0.1, -0.05) is 35.9 Å². The van der Waals surface area contributed by atoms with Gasteiger partial charge >= 0.3 is 0 Å². The standard InChI is InChI=1S/C19H12ClN3O3S/c20-14-9-7-13(8-10-14)19-22-21-17(26-19)11-23-15-5-1-3-12-4-2-6-16(18(12)15)27(23,24)25/h1-10H,11H2. The van der Waals surface area contributed by atoms with Gasteiger partial charge in [-0.25, -0.2) is 8.42 Å². The van der Waals surface area contributed by atoms with Crippen LogP contribution in [0.1, 0.15) is 5.89 Å². The van der Waals surface area contributed by atoms with E-state index < -0.39 is 10.0 Å². The number of hydrogen-bond donors (Lipinski definition) is 0.